The maximum atomic E-state index is 4.38. The van der Waals surface area contributed by atoms with Gasteiger partial charge >= 0.3 is 0 Å². The maximum absolute atomic E-state index is 4.38. The molecule has 0 saturated heterocycles. The number of halogens is 1. The van der Waals surface area contributed by atoms with Gasteiger partial charge in [-0.15, -0.1) is 23.7 Å². The Morgan fingerprint density at radius 2 is 2.54 bits per heavy atom. The van der Waals surface area contributed by atoms with Crippen LogP contribution in [0, 0.1) is 5.92 Å². The van der Waals surface area contributed by atoms with Gasteiger partial charge in [-0.1, -0.05) is 0 Å². The van der Waals surface area contributed by atoms with Gasteiger partial charge in [0.15, 0.2) is 0 Å². The van der Waals surface area contributed by atoms with Gasteiger partial charge in [0.25, 0.3) is 0 Å². The second kappa shape index (κ2) is 4.94. The molecule has 0 amide bonds. The van der Waals surface area contributed by atoms with Crippen molar-refractivity contribution in [2.75, 3.05) is 13.6 Å². The first-order valence-corrected chi connectivity index (χ1v) is 5.34. The van der Waals surface area contributed by atoms with Crippen molar-refractivity contribution in [3.8, 4) is 0 Å². The maximum Gasteiger partial charge on any atom is 0.0797 e. The third-order valence-corrected chi connectivity index (χ3v) is 3.41. The Morgan fingerprint density at radius 1 is 1.69 bits per heavy atom. The minimum Gasteiger partial charge on any atom is -0.319 e. The summed E-state index contributed by atoms with van der Waals surface area (Å²) < 4.78 is 0. The van der Waals surface area contributed by atoms with Crippen LogP contribution < -0.4 is 5.32 Å². The SMILES string of the molecule is CNCC1CCc2scnc2C1.Cl. The first-order valence-electron chi connectivity index (χ1n) is 4.46. The lowest BCUT2D eigenvalue weighted by molar-refractivity contribution is 0.438. The average molecular weight is 219 g/mol. The van der Waals surface area contributed by atoms with Crippen molar-refractivity contribution < 1.29 is 0 Å². The summed E-state index contributed by atoms with van der Waals surface area (Å²) in [6.07, 6.45) is 3.75. The highest BCUT2D eigenvalue weighted by Crippen LogP contribution is 2.26. The van der Waals surface area contributed by atoms with Gasteiger partial charge in [0, 0.05) is 4.88 Å². The minimum absolute atomic E-state index is 0. The Kier molecular flexibility index (Phi) is 4.16. The van der Waals surface area contributed by atoms with Crippen LogP contribution in [0.1, 0.15) is 17.0 Å². The monoisotopic (exact) mass is 218 g/mol. The highest BCUT2D eigenvalue weighted by molar-refractivity contribution is 7.09. The van der Waals surface area contributed by atoms with E-state index >= 15 is 0 Å². The highest BCUT2D eigenvalue weighted by atomic mass is 35.5. The van der Waals surface area contributed by atoms with E-state index in [-0.39, 0.29) is 12.4 Å². The molecule has 1 N–H and O–H groups in total. The Balaban J connectivity index is 0.000000845. The summed E-state index contributed by atoms with van der Waals surface area (Å²) in [5.41, 5.74) is 3.33. The van der Waals surface area contributed by atoms with Gasteiger partial charge in [-0.05, 0) is 38.8 Å². The average Bonchev–Trinajstić information content (AvgIpc) is 2.51. The van der Waals surface area contributed by atoms with Crippen molar-refractivity contribution in [3.63, 3.8) is 0 Å². The first-order chi connectivity index (χ1) is 5.90. The molecule has 1 aliphatic carbocycles. The van der Waals surface area contributed by atoms with Crippen LogP contribution in [0.15, 0.2) is 5.51 Å². The second-order valence-electron chi connectivity index (χ2n) is 3.39. The zero-order valence-corrected chi connectivity index (χ0v) is 9.38. The Labute approximate surface area is 89.2 Å². The topological polar surface area (TPSA) is 24.9 Å². The van der Waals surface area contributed by atoms with Crippen molar-refractivity contribution in [2.45, 2.75) is 19.3 Å². The summed E-state index contributed by atoms with van der Waals surface area (Å²) in [4.78, 5) is 5.90. The smallest absolute Gasteiger partial charge is 0.0797 e. The van der Waals surface area contributed by atoms with E-state index in [9.17, 15) is 0 Å². The first kappa shape index (κ1) is 11.0. The van der Waals surface area contributed by atoms with Crippen LogP contribution >= 0.6 is 23.7 Å². The summed E-state index contributed by atoms with van der Waals surface area (Å²) in [6.45, 7) is 1.14. The van der Waals surface area contributed by atoms with Crippen LogP contribution in [0.4, 0.5) is 0 Å². The molecule has 4 heteroatoms. The normalized spacial score (nSPS) is 20.5. The van der Waals surface area contributed by atoms with Crippen LogP contribution in [-0.4, -0.2) is 18.6 Å². The standard InChI is InChI=1S/C9H14N2S.ClH/c1-10-5-7-2-3-9-8(4-7)11-6-12-9;/h6-7,10H,2-5H2,1H3;1H. The van der Waals surface area contributed by atoms with Crippen molar-refractivity contribution in [2.24, 2.45) is 5.92 Å². The van der Waals surface area contributed by atoms with Gasteiger partial charge in [-0.25, -0.2) is 4.98 Å². The fourth-order valence-corrected chi connectivity index (χ4v) is 2.65. The van der Waals surface area contributed by atoms with Crippen LogP contribution in [0.5, 0.6) is 0 Å². The van der Waals surface area contributed by atoms with Crippen molar-refractivity contribution in [1.82, 2.24) is 10.3 Å². The molecule has 1 aliphatic rings. The summed E-state index contributed by atoms with van der Waals surface area (Å²) in [5, 5.41) is 3.24. The van der Waals surface area contributed by atoms with Crippen LogP contribution in [-0.2, 0) is 12.8 Å². The number of nitrogens with one attached hydrogen (secondary N) is 1. The zero-order chi connectivity index (χ0) is 8.39. The lowest BCUT2D eigenvalue weighted by Crippen LogP contribution is -2.24. The van der Waals surface area contributed by atoms with Crippen LogP contribution in [0.3, 0.4) is 0 Å². The van der Waals surface area contributed by atoms with Gasteiger partial charge < -0.3 is 5.32 Å². The van der Waals surface area contributed by atoms with Crippen LogP contribution in [0.25, 0.3) is 0 Å². The van der Waals surface area contributed by atoms with E-state index in [1.165, 1.54) is 29.8 Å². The molecule has 1 aromatic heterocycles. The Bertz CT molecular complexity index is 262. The van der Waals surface area contributed by atoms with Gasteiger partial charge in [0.05, 0.1) is 11.2 Å². The molecule has 0 aromatic carbocycles. The van der Waals surface area contributed by atoms with E-state index in [1.807, 2.05) is 23.9 Å². The van der Waals surface area contributed by atoms with Gasteiger partial charge in [-0.2, -0.15) is 0 Å². The third-order valence-electron chi connectivity index (χ3n) is 2.48. The molecule has 0 radical (unpaired) electrons. The highest BCUT2D eigenvalue weighted by Gasteiger charge is 2.19. The molecule has 74 valence electrons. The third kappa shape index (κ3) is 2.42. The predicted octanol–water partition coefficient (Wildman–Crippen LogP) is 1.89. The van der Waals surface area contributed by atoms with Gasteiger partial charge in [-0.3, -0.25) is 0 Å². The lowest BCUT2D eigenvalue weighted by atomic mass is 9.91. The molecular weight excluding hydrogens is 204 g/mol. The molecule has 2 nitrogen and oxygen atoms in total. The van der Waals surface area contributed by atoms with Crippen molar-refractivity contribution >= 4 is 23.7 Å². The van der Waals surface area contributed by atoms with E-state index in [2.05, 4.69) is 10.3 Å². The van der Waals surface area contributed by atoms with Gasteiger partial charge in [0.2, 0.25) is 0 Å². The Morgan fingerprint density at radius 3 is 3.31 bits per heavy atom. The van der Waals surface area contributed by atoms with E-state index < -0.39 is 0 Å². The van der Waals surface area contributed by atoms with Gasteiger partial charge in [0.1, 0.15) is 0 Å². The fraction of sp³-hybridized carbons (Fsp3) is 0.667. The lowest BCUT2D eigenvalue weighted by Gasteiger charge is -2.20. The molecule has 1 aromatic rings. The van der Waals surface area contributed by atoms with E-state index in [0.717, 1.165) is 12.5 Å². The molecule has 13 heavy (non-hydrogen) atoms. The molecule has 0 spiro atoms. The second-order valence-corrected chi connectivity index (χ2v) is 4.33. The Hall–Kier alpha value is -0.120. The van der Waals surface area contributed by atoms with Crippen molar-refractivity contribution in [1.29, 1.82) is 0 Å². The largest absolute Gasteiger partial charge is 0.319 e. The summed E-state index contributed by atoms with van der Waals surface area (Å²) >= 11 is 1.81. The minimum atomic E-state index is 0. The molecule has 0 fully saturated rings. The molecule has 2 rings (SSSR count). The fourth-order valence-electron chi connectivity index (χ4n) is 1.84. The molecule has 1 unspecified atom stereocenters. The number of aryl methyl sites for hydroxylation is 1. The van der Waals surface area contributed by atoms with E-state index in [4.69, 9.17) is 0 Å². The molecule has 1 heterocycles. The van der Waals surface area contributed by atoms with E-state index in [1.54, 1.807) is 0 Å². The molecule has 0 bridgehead atoms. The zero-order valence-electron chi connectivity index (χ0n) is 7.75. The number of fused-ring (bicyclic) bond motifs is 1. The molecular formula is C9H15ClN2S. The predicted molar refractivity (Wildman–Crippen MR) is 58.8 cm³/mol. The number of thiazole rings is 1. The molecule has 0 saturated carbocycles. The summed E-state index contributed by atoms with van der Waals surface area (Å²) in [7, 11) is 2.02. The van der Waals surface area contributed by atoms with Crippen molar-refractivity contribution in [3.05, 3.63) is 16.1 Å². The van der Waals surface area contributed by atoms with Crippen LogP contribution in [0.2, 0.25) is 0 Å². The van der Waals surface area contributed by atoms with E-state index in [0.29, 0.717) is 0 Å². The number of aromatic nitrogens is 1. The molecule has 1 atom stereocenters. The number of rotatable bonds is 2. The number of hydrogen-bond acceptors (Lipinski definition) is 3. The quantitative estimate of drug-likeness (QED) is 0.820. The summed E-state index contributed by atoms with van der Waals surface area (Å²) in [6, 6.07) is 0. The molecule has 0 aliphatic heterocycles. The number of hydrogen-bond donors (Lipinski definition) is 1. The number of nitrogens with zero attached hydrogens (tertiary/aromatic N) is 1. The summed E-state index contributed by atoms with van der Waals surface area (Å²) in [5.74, 6) is 0.810.